The highest BCUT2D eigenvalue weighted by atomic mass is 79.9. The van der Waals surface area contributed by atoms with E-state index < -0.39 is 16.9 Å². The summed E-state index contributed by atoms with van der Waals surface area (Å²) in [6.07, 6.45) is 1.80. The average molecular weight is 739 g/mol. The Morgan fingerprint density at radius 3 is 2.39 bits per heavy atom. The van der Waals surface area contributed by atoms with Gasteiger partial charge in [-0.25, -0.2) is 9.79 Å². The topological polar surface area (TPSA) is 113 Å². The predicted molar refractivity (Wildman–Crippen MR) is 193 cm³/mol. The molecule has 0 fully saturated rings. The molecule has 0 aliphatic carbocycles. The summed E-state index contributed by atoms with van der Waals surface area (Å²) in [4.78, 5) is 43.9. The van der Waals surface area contributed by atoms with Gasteiger partial charge in [-0.05, 0) is 81.4 Å². The lowest BCUT2D eigenvalue weighted by Crippen LogP contribution is -2.40. The van der Waals surface area contributed by atoms with Gasteiger partial charge < -0.3 is 9.47 Å². The first-order chi connectivity index (χ1) is 23.6. The van der Waals surface area contributed by atoms with E-state index in [4.69, 9.17) is 14.5 Å². The Labute approximate surface area is 294 Å². The number of hydrogen-bond donors (Lipinski definition) is 0. The summed E-state index contributed by atoms with van der Waals surface area (Å²) in [5, 5.41) is 10.9. The summed E-state index contributed by atoms with van der Waals surface area (Å²) in [7, 11) is 0. The molecule has 0 saturated heterocycles. The quantitative estimate of drug-likeness (QED) is 0.0844. The van der Waals surface area contributed by atoms with E-state index in [0.717, 1.165) is 27.8 Å². The van der Waals surface area contributed by atoms with E-state index in [-0.39, 0.29) is 24.5 Å². The maximum absolute atomic E-state index is 14.3. The zero-order valence-electron chi connectivity index (χ0n) is 27.0. The summed E-state index contributed by atoms with van der Waals surface area (Å²) in [5.74, 6) is 0.369. The molecule has 1 atom stereocenters. The van der Waals surface area contributed by atoms with Gasteiger partial charge in [-0.1, -0.05) is 85.8 Å². The minimum Gasteiger partial charge on any atom is -0.488 e. The van der Waals surface area contributed by atoms with Crippen LogP contribution in [0.4, 0.5) is 5.69 Å². The fourth-order valence-corrected chi connectivity index (χ4v) is 7.08. The molecule has 0 radical (unpaired) electrons. The van der Waals surface area contributed by atoms with Gasteiger partial charge in [0.2, 0.25) is 0 Å². The Kier molecular flexibility index (Phi) is 10.0. The van der Waals surface area contributed by atoms with Crippen molar-refractivity contribution >= 4 is 50.7 Å². The molecule has 1 aliphatic heterocycles. The maximum Gasteiger partial charge on any atom is 0.338 e. The van der Waals surface area contributed by atoms with Crippen LogP contribution in [0.15, 0.2) is 117 Å². The number of carbonyl (C=O) groups excluding carboxylic acids is 1. The zero-order valence-corrected chi connectivity index (χ0v) is 29.4. The van der Waals surface area contributed by atoms with E-state index in [1.807, 2.05) is 66.7 Å². The molecule has 2 heterocycles. The second-order valence-corrected chi connectivity index (χ2v) is 13.5. The van der Waals surface area contributed by atoms with E-state index in [1.54, 1.807) is 35.8 Å². The standard InChI is InChI=1S/C38H32BrN3O6S/c1-4-47-37(44)33-34(27-8-6-5-7-9-27)40-38-41(35(33)28-15-13-26(14-16-28)23(2)3)36(43)32(49-38)21-25-12-19-31(30(39)20-25)48-22-24-10-17-29(18-11-24)42(45)46/h5-21,23,35H,4,22H2,1-3H3/b32-21-/t35-/m1/s1. The van der Waals surface area contributed by atoms with Gasteiger partial charge in [0, 0.05) is 17.7 Å². The van der Waals surface area contributed by atoms with Crippen LogP contribution in [-0.2, 0) is 16.1 Å². The maximum atomic E-state index is 14.3. The van der Waals surface area contributed by atoms with Crippen molar-refractivity contribution in [3.05, 3.63) is 165 Å². The molecule has 11 heteroatoms. The van der Waals surface area contributed by atoms with Crippen LogP contribution in [0, 0.1) is 10.1 Å². The Balaban J connectivity index is 1.42. The molecular formula is C38H32BrN3O6S. The number of esters is 1. The fraction of sp³-hybridized carbons (Fsp3) is 0.184. The molecule has 0 N–H and O–H groups in total. The Morgan fingerprint density at radius 2 is 1.76 bits per heavy atom. The molecule has 0 bridgehead atoms. The third-order valence-corrected chi connectivity index (χ3v) is 9.69. The molecule has 0 unspecified atom stereocenters. The van der Waals surface area contributed by atoms with Crippen LogP contribution >= 0.6 is 27.3 Å². The lowest BCUT2D eigenvalue weighted by Gasteiger charge is -2.26. The molecule has 0 saturated carbocycles. The van der Waals surface area contributed by atoms with Gasteiger partial charge >= 0.3 is 5.97 Å². The van der Waals surface area contributed by atoms with Crippen molar-refractivity contribution in [1.82, 2.24) is 4.57 Å². The number of ether oxygens (including phenoxy) is 2. The number of benzene rings is 4. The minimum atomic E-state index is -0.754. The Morgan fingerprint density at radius 1 is 1.04 bits per heavy atom. The van der Waals surface area contributed by atoms with Gasteiger partial charge in [-0.15, -0.1) is 0 Å². The van der Waals surface area contributed by atoms with Crippen molar-refractivity contribution in [2.45, 2.75) is 39.3 Å². The number of nitro benzene ring substituents is 1. The highest BCUT2D eigenvalue weighted by Crippen LogP contribution is 2.36. The number of hydrogen-bond acceptors (Lipinski definition) is 8. The Hall–Kier alpha value is -5.13. The van der Waals surface area contributed by atoms with E-state index in [1.165, 1.54) is 23.5 Å². The summed E-state index contributed by atoms with van der Waals surface area (Å²) in [6.45, 7) is 6.39. The number of thiazole rings is 1. The molecule has 9 nitrogen and oxygen atoms in total. The molecule has 6 rings (SSSR count). The number of aromatic nitrogens is 1. The first-order valence-electron chi connectivity index (χ1n) is 15.7. The smallest absolute Gasteiger partial charge is 0.338 e. The first kappa shape index (κ1) is 33.8. The molecule has 0 amide bonds. The van der Waals surface area contributed by atoms with Gasteiger partial charge in [-0.3, -0.25) is 19.5 Å². The number of nitrogens with zero attached hydrogens (tertiary/aromatic N) is 3. The summed E-state index contributed by atoms with van der Waals surface area (Å²) < 4.78 is 14.2. The van der Waals surface area contributed by atoms with Crippen molar-refractivity contribution in [3.8, 4) is 5.75 Å². The van der Waals surface area contributed by atoms with Gasteiger partial charge in [0.15, 0.2) is 4.80 Å². The zero-order chi connectivity index (χ0) is 34.7. The van der Waals surface area contributed by atoms with E-state index in [2.05, 4.69) is 29.8 Å². The van der Waals surface area contributed by atoms with Crippen LogP contribution in [0.3, 0.4) is 0 Å². The van der Waals surface area contributed by atoms with Crippen LogP contribution in [0.1, 0.15) is 60.5 Å². The molecule has 1 aromatic heterocycles. The van der Waals surface area contributed by atoms with Gasteiger partial charge in [-0.2, -0.15) is 0 Å². The van der Waals surface area contributed by atoms with Crippen molar-refractivity contribution in [2.75, 3.05) is 6.61 Å². The molecule has 1 aliphatic rings. The van der Waals surface area contributed by atoms with Crippen LogP contribution in [0.2, 0.25) is 0 Å². The molecule has 248 valence electrons. The number of carbonyl (C=O) groups is 1. The van der Waals surface area contributed by atoms with E-state index in [0.29, 0.717) is 36.7 Å². The van der Waals surface area contributed by atoms with Crippen LogP contribution < -0.4 is 19.6 Å². The third kappa shape index (κ3) is 7.18. The second kappa shape index (κ2) is 14.6. The van der Waals surface area contributed by atoms with Crippen molar-refractivity contribution in [1.29, 1.82) is 0 Å². The van der Waals surface area contributed by atoms with Gasteiger partial charge in [0.1, 0.15) is 12.4 Å². The molecule has 4 aromatic carbocycles. The molecule has 5 aromatic rings. The monoisotopic (exact) mass is 737 g/mol. The highest BCUT2D eigenvalue weighted by molar-refractivity contribution is 9.10. The Bertz CT molecular complexity index is 2240. The SMILES string of the molecule is CCOC(=O)C1=C(c2ccccc2)N=c2s/c(=C\c3ccc(OCc4ccc([N+](=O)[O-])cc4)c(Br)c3)c(=O)n2[C@@H]1c1ccc(C(C)C)cc1. The van der Waals surface area contributed by atoms with Crippen LogP contribution in [-0.4, -0.2) is 22.1 Å². The average Bonchev–Trinajstić information content (AvgIpc) is 3.41. The normalized spacial score (nSPS) is 14.4. The predicted octanol–water partition coefficient (Wildman–Crippen LogP) is 7.31. The fourth-order valence-electron chi connectivity index (χ4n) is 5.57. The molecule has 0 spiro atoms. The first-order valence-corrected chi connectivity index (χ1v) is 17.3. The molecule has 49 heavy (non-hydrogen) atoms. The lowest BCUT2D eigenvalue weighted by molar-refractivity contribution is -0.384. The van der Waals surface area contributed by atoms with Crippen LogP contribution in [0.25, 0.3) is 11.8 Å². The summed E-state index contributed by atoms with van der Waals surface area (Å²) in [5.41, 5.74) is 4.74. The van der Waals surface area contributed by atoms with Gasteiger partial charge in [0.25, 0.3) is 11.2 Å². The highest BCUT2D eigenvalue weighted by Gasteiger charge is 2.35. The third-order valence-electron chi connectivity index (χ3n) is 8.09. The van der Waals surface area contributed by atoms with E-state index >= 15 is 0 Å². The number of fused-ring (bicyclic) bond motifs is 1. The van der Waals surface area contributed by atoms with Crippen molar-refractivity contribution in [2.24, 2.45) is 4.99 Å². The van der Waals surface area contributed by atoms with E-state index in [9.17, 15) is 19.7 Å². The lowest BCUT2D eigenvalue weighted by atomic mass is 9.91. The molecular weight excluding hydrogens is 706 g/mol. The summed E-state index contributed by atoms with van der Waals surface area (Å²) in [6, 6.07) is 28.4. The second-order valence-electron chi connectivity index (χ2n) is 11.7. The largest absolute Gasteiger partial charge is 0.488 e. The van der Waals surface area contributed by atoms with Crippen LogP contribution in [0.5, 0.6) is 5.75 Å². The number of non-ortho nitro benzene ring substituents is 1. The number of nitro groups is 1. The van der Waals surface area contributed by atoms with Crippen molar-refractivity contribution in [3.63, 3.8) is 0 Å². The number of rotatable bonds is 10. The minimum absolute atomic E-state index is 0.0170. The number of halogens is 1. The van der Waals surface area contributed by atoms with Crippen molar-refractivity contribution < 1.29 is 19.2 Å². The van der Waals surface area contributed by atoms with Gasteiger partial charge in [0.05, 0.1) is 37.8 Å². The summed E-state index contributed by atoms with van der Waals surface area (Å²) >= 11 is 4.83.